The van der Waals surface area contributed by atoms with Gasteiger partial charge in [-0.05, 0) is 24.0 Å². The van der Waals surface area contributed by atoms with Gasteiger partial charge in [0.1, 0.15) is 0 Å². The Morgan fingerprint density at radius 3 is 2.20 bits per heavy atom. The first-order valence-corrected chi connectivity index (χ1v) is 8.98. The number of aliphatic hydroxyl groups excluding tert-OH is 2. The molecule has 2 aromatic carbocycles. The number of benzene rings is 2. The van der Waals surface area contributed by atoms with E-state index in [-0.39, 0.29) is 6.04 Å². The summed E-state index contributed by atoms with van der Waals surface area (Å²) in [6, 6.07) is 20.7. The van der Waals surface area contributed by atoms with Crippen LogP contribution in [0, 0.1) is 0 Å². The predicted molar refractivity (Wildman–Crippen MR) is 98.2 cm³/mol. The summed E-state index contributed by atoms with van der Waals surface area (Å²) < 4.78 is 5.98. The van der Waals surface area contributed by atoms with Crippen LogP contribution in [-0.4, -0.2) is 53.1 Å². The minimum atomic E-state index is -0.679. The highest BCUT2D eigenvalue weighted by atomic mass is 16.5. The maximum Gasteiger partial charge on any atom is 0.0926 e. The highest BCUT2D eigenvalue weighted by Crippen LogP contribution is 2.18. The van der Waals surface area contributed by atoms with Gasteiger partial charge in [-0.25, -0.2) is 0 Å². The Labute approximate surface area is 149 Å². The third kappa shape index (κ3) is 5.38. The molecule has 0 aliphatic carbocycles. The van der Waals surface area contributed by atoms with Crippen LogP contribution in [0.5, 0.6) is 0 Å². The van der Waals surface area contributed by atoms with Gasteiger partial charge in [-0.1, -0.05) is 60.7 Å². The first kappa shape index (κ1) is 18.1. The van der Waals surface area contributed by atoms with E-state index in [1.807, 2.05) is 36.4 Å². The van der Waals surface area contributed by atoms with Crippen LogP contribution in [0.15, 0.2) is 60.7 Å². The summed E-state index contributed by atoms with van der Waals surface area (Å²) in [6.07, 6.45) is 0.184. The van der Waals surface area contributed by atoms with Gasteiger partial charge in [0, 0.05) is 19.1 Å². The summed E-state index contributed by atoms with van der Waals surface area (Å²) in [5, 5.41) is 19.8. The molecule has 3 unspecified atom stereocenters. The van der Waals surface area contributed by atoms with Crippen LogP contribution in [0.2, 0.25) is 0 Å². The molecule has 0 spiro atoms. The fourth-order valence-electron chi connectivity index (χ4n) is 3.34. The van der Waals surface area contributed by atoms with Gasteiger partial charge >= 0.3 is 0 Å². The van der Waals surface area contributed by atoms with Crippen molar-refractivity contribution in [1.82, 2.24) is 4.90 Å². The molecule has 2 aromatic rings. The van der Waals surface area contributed by atoms with Gasteiger partial charge < -0.3 is 14.9 Å². The van der Waals surface area contributed by atoms with Crippen LogP contribution in [0.4, 0.5) is 0 Å². The van der Waals surface area contributed by atoms with Crippen LogP contribution in [0.3, 0.4) is 0 Å². The average Bonchev–Trinajstić information content (AvgIpc) is 2.65. The summed E-state index contributed by atoms with van der Waals surface area (Å²) >= 11 is 0. The number of hydrogen-bond donors (Lipinski definition) is 2. The molecule has 1 saturated heterocycles. The zero-order valence-corrected chi connectivity index (χ0v) is 14.5. The number of piperidine rings is 1. The van der Waals surface area contributed by atoms with E-state index in [4.69, 9.17) is 4.74 Å². The van der Waals surface area contributed by atoms with Crippen LogP contribution in [0.25, 0.3) is 0 Å². The molecule has 0 bridgehead atoms. The molecule has 4 heteroatoms. The Balaban J connectivity index is 1.61. The van der Waals surface area contributed by atoms with Crippen molar-refractivity contribution in [1.29, 1.82) is 0 Å². The van der Waals surface area contributed by atoms with Gasteiger partial charge in [-0.15, -0.1) is 0 Å². The van der Waals surface area contributed by atoms with Crippen molar-refractivity contribution in [2.45, 2.75) is 37.7 Å². The van der Waals surface area contributed by atoms with E-state index in [2.05, 4.69) is 29.2 Å². The lowest BCUT2D eigenvalue weighted by Gasteiger charge is -2.38. The molecule has 4 nitrogen and oxygen atoms in total. The second-order valence-corrected chi connectivity index (χ2v) is 6.76. The first-order chi connectivity index (χ1) is 12.2. The van der Waals surface area contributed by atoms with Crippen molar-refractivity contribution >= 4 is 0 Å². The molecule has 25 heavy (non-hydrogen) atoms. The van der Waals surface area contributed by atoms with Crippen LogP contribution in [-0.2, 0) is 17.8 Å². The third-order valence-corrected chi connectivity index (χ3v) is 4.83. The van der Waals surface area contributed by atoms with E-state index in [0.717, 1.165) is 18.5 Å². The topological polar surface area (TPSA) is 52.9 Å². The second kappa shape index (κ2) is 9.11. The number of aliphatic hydroxyl groups is 2. The fourth-order valence-corrected chi connectivity index (χ4v) is 3.34. The standard InChI is InChI=1S/C21H27NO3/c23-20-11-12-22(14-21(20)24)19(13-17-7-3-1-4-8-17)16-25-15-18-9-5-2-6-10-18/h1-10,19-21,23-24H,11-16H2. The maximum absolute atomic E-state index is 10.0. The molecule has 3 atom stereocenters. The SMILES string of the molecule is OC1CCN(C(COCc2ccccc2)Cc2ccccc2)CC1O. The second-order valence-electron chi connectivity index (χ2n) is 6.76. The van der Waals surface area contributed by atoms with Crippen molar-refractivity contribution in [3.05, 3.63) is 71.8 Å². The van der Waals surface area contributed by atoms with E-state index in [9.17, 15) is 10.2 Å². The summed E-state index contributed by atoms with van der Waals surface area (Å²) in [5.41, 5.74) is 2.42. The molecule has 1 fully saturated rings. The van der Waals surface area contributed by atoms with E-state index in [0.29, 0.717) is 26.2 Å². The fraction of sp³-hybridized carbons (Fsp3) is 0.429. The summed E-state index contributed by atoms with van der Waals surface area (Å²) in [4.78, 5) is 2.25. The number of likely N-dealkylation sites (tertiary alicyclic amines) is 1. The van der Waals surface area contributed by atoms with Gasteiger partial charge in [-0.3, -0.25) is 4.90 Å². The van der Waals surface area contributed by atoms with Gasteiger partial charge in [0.15, 0.2) is 0 Å². The summed E-state index contributed by atoms with van der Waals surface area (Å²) in [5.74, 6) is 0. The van der Waals surface area contributed by atoms with Crippen LogP contribution in [0.1, 0.15) is 17.5 Å². The molecule has 2 N–H and O–H groups in total. The molecule has 0 aromatic heterocycles. The molecule has 1 aliphatic heterocycles. The smallest absolute Gasteiger partial charge is 0.0926 e. The third-order valence-electron chi connectivity index (χ3n) is 4.83. The Morgan fingerprint density at radius 1 is 0.920 bits per heavy atom. The zero-order valence-electron chi connectivity index (χ0n) is 14.5. The van der Waals surface area contributed by atoms with Gasteiger partial charge in [0.2, 0.25) is 0 Å². The van der Waals surface area contributed by atoms with Crippen LogP contribution >= 0.6 is 0 Å². The molecule has 3 rings (SSSR count). The quantitative estimate of drug-likeness (QED) is 0.811. The zero-order chi connectivity index (χ0) is 17.5. The maximum atomic E-state index is 10.0. The molecule has 0 saturated carbocycles. The summed E-state index contributed by atoms with van der Waals surface area (Å²) in [6.45, 7) is 2.47. The lowest BCUT2D eigenvalue weighted by Crippen LogP contribution is -2.52. The number of hydrogen-bond acceptors (Lipinski definition) is 4. The van der Waals surface area contributed by atoms with Crippen molar-refractivity contribution in [2.75, 3.05) is 19.7 Å². The molecule has 1 heterocycles. The molecule has 0 radical (unpaired) electrons. The molecule has 0 amide bonds. The Hall–Kier alpha value is -1.72. The number of nitrogens with zero attached hydrogens (tertiary/aromatic N) is 1. The predicted octanol–water partition coefficient (Wildman–Crippen LogP) is 2.24. The van der Waals surface area contributed by atoms with Gasteiger partial charge in [0.25, 0.3) is 0 Å². The van der Waals surface area contributed by atoms with Gasteiger partial charge in [0.05, 0.1) is 25.4 Å². The van der Waals surface area contributed by atoms with Crippen molar-refractivity contribution in [3.63, 3.8) is 0 Å². The molecular formula is C21H27NO3. The Kier molecular flexibility index (Phi) is 6.59. The first-order valence-electron chi connectivity index (χ1n) is 8.98. The summed E-state index contributed by atoms with van der Waals surface area (Å²) in [7, 11) is 0. The Morgan fingerprint density at radius 2 is 1.56 bits per heavy atom. The molecule has 134 valence electrons. The average molecular weight is 341 g/mol. The lowest BCUT2D eigenvalue weighted by atomic mass is 9.99. The van der Waals surface area contributed by atoms with E-state index < -0.39 is 12.2 Å². The van der Waals surface area contributed by atoms with Gasteiger partial charge in [-0.2, -0.15) is 0 Å². The number of β-amino-alcohol motifs (C(OH)–C–C–N with tert-alkyl or cyclic N) is 1. The molecule has 1 aliphatic rings. The van der Waals surface area contributed by atoms with Crippen molar-refractivity contribution in [3.8, 4) is 0 Å². The highest BCUT2D eigenvalue weighted by molar-refractivity contribution is 5.16. The normalized spacial score (nSPS) is 22.6. The minimum Gasteiger partial charge on any atom is -0.390 e. The molecular weight excluding hydrogens is 314 g/mol. The lowest BCUT2D eigenvalue weighted by molar-refractivity contribution is -0.0606. The number of ether oxygens (including phenoxy) is 1. The van der Waals surface area contributed by atoms with Crippen molar-refractivity contribution in [2.24, 2.45) is 0 Å². The van der Waals surface area contributed by atoms with Crippen molar-refractivity contribution < 1.29 is 14.9 Å². The largest absolute Gasteiger partial charge is 0.390 e. The highest BCUT2D eigenvalue weighted by Gasteiger charge is 2.30. The Bertz CT molecular complexity index is 620. The van der Waals surface area contributed by atoms with Crippen LogP contribution < -0.4 is 0 Å². The van der Waals surface area contributed by atoms with E-state index in [1.165, 1.54) is 5.56 Å². The monoisotopic (exact) mass is 341 g/mol. The minimum absolute atomic E-state index is 0.188. The van der Waals surface area contributed by atoms with E-state index >= 15 is 0 Å². The van der Waals surface area contributed by atoms with E-state index in [1.54, 1.807) is 0 Å². The number of rotatable bonds is 7.